The van der Waals surface area contributed by atoms with Crippen LogP contribution in [0.3, 0.4) is 0 Å². The molecule has 0 aliphatic heterocycles. The molecule has 120 valence electrons. The van der Waals surface area contributed by atoms with Gasteiger partial charge in [-0.25, -0.2) is 16.8 Å². The van der Waals surface area contributed by atoms with Gasteiger partial charge in [-0.1, -0.05) is 25.7 Å². The van der Waals surface area contributed by atoms with E-state index in [1.807, 2.05) is 0 Å². The molecule has 0 aromatic carbocycles. The molecule has 6 nitrogen and oxygen atoms in total. The van der Waals surface area contributed by atoms with E-state index in [1.165, 1.54) is 4.31 Å². The van der Waals surface area contributed by atoms with Crippen molar-refractivity contribution < 1.29 is 16.8 Å². The van der Waals surface area contributed by atoms with Crippen LogP contribution in [0, 0.1) is 0 Å². The van der Waals surface area contributed by atoms with Crippen LogP contribution in [0.25, 0.3) is 0 Å². The van der Waals surface area contributed by atoms with Crippen LogP contribution in [0.15, 0.2) is 0 Å². The third-order valence-corrected chi connectivity index (χ3v) is 7.63. The Bertz CT molecular complexity index is 480. The first-order valence-corrected chi connectivity index (χ1v) is 10.8. The summed E-state index contributed by atoms with van der Waals surface area (Å²) in [5.74, 6) is 0. The molecule has 0 aromatic rings. The molecule has 8 heteroatoms. The molecule has 0 amide bonds. The lowest BCUT2D eigenvalue weighted by Crippen LogP contribution is -2.43. The number of nitrogens with zero attached hydrogens (tertiary/aromatic N) is 1. The number of hydrogen-bond donors (Lipinski definition) is 1. The van der Waals surface area contributed by atoms with Crippen LogP contribution in [-0.2, 0) is 19.9 Å². The first-order chi connectivity index (χ1) is 9.26. The average Bonchev–Trinajstić information content (AvgIpc) is 2.54. The smallest absolute Gasteiger partial charge is 0.228 e. The summed E-state index contributed by atoms with van der Waals surface area (Å²) in [6.07, 6.45) is 7.37. The lowest BCUT2D eigenvalue weighted by atomic mass is 10.1. The minimum Gasteiger partial charge on any atom is -0.330 e. The van der Waals surface area contributed by atoms with Crippen molar-refractivity contribution in [3.63, 3.8) is 0 Å². The third-order valence-electron chi connectivity index (χ3n) is 3.53. The maximum atomic E-state index is 12.4. The lowest BCUT2D eigenvalue weighted by Gasteiger charge is -2.30. The van der Waals surface area contributed by atoms with Crippen molar-refractivity contribution in [2.45, 2.75) is 51.0 Å². The lowest BCUT2D eigenvalue weighted by molar-refractivity contribution is 0.292. The van der Waals surface area contributed by atoms with Crippen molar-refractivity contribution in [1.29, 1.82) is 0 Å². The Labute approximate surface area is 122 Å². The monoisotopic (exact) mass is 326 g/mol. The molecular weight excluding hydrogens is 300 g/mol. The number of nitrogens with two attached hydrogens (primary N) is 1. The first-order valence-electron chi connectivity index (χ1n) is 7.13. The zero-order valence-electron chi connectivity index (χ0n) is 12.1. The fourth-order valence-corrected chi connectivity index (χ4v) is 6.46. The van der Waals surface area contributed by atoms with Crippen molar-refractivity contribution in [3.05, 3.63) is 0 Å². The molecule has 1 aliphatic carbocycles. The molecule has 1 fully saturated rings. The van der Waals surface area contributed by atoms with E-state index in [0.717, 1.165) is 44.8 Å². The van der Waals surface area contributed by atoms with Gasteiger partial charge in [-0.05, 0) is 25.8 Å². The highest BCUT2D eigenvalue weighted by Gasteiger charge is 2.32. The Hall–Kier alpha value is -0.180. The Morgan fingerprint density at radius 3 is 2.05 bits per heavy atom. The van der Waals surface area contributed by atoms with Crippen LogP contribution in [0.2, 0.25) is 0 Å². The number of hydrogen-bond acceptors (Lipinski definition) is 5. The second kappa shape index (κ2) is 7.72. The molecule has 2 N–H and O–H groups in total. The zero-order chi connectivity index (χ0) is 15.2. The predicted molar refractivity (Wildman–Crippen MR) is 80.5 cm³/mol. The first kappa shape index (κ1) is 17.9. The van der Waals surface area contributed by atoms with Gasteiger partial charge in [0.15, 0.2) is 14.9 Å². The van der Waals surface area contributed by atoms with Crippen LogP contribution >= 0.6 is 0 Å². The second-order valence-electron chi connectivity index (χ2n) is 5.55. The normalized spacial score (nSPS) is 19.1. The average molecular weight is 326 g/mol. The van der Waals surface area contributed by atoms with Gasteiger partial charge in [0.05, 0.1) is 0 Å². The van der Waals surface area contributed by atoms with Crippen LogP contribution < -0.4 is 5.73 Å². The van der Waals surface area contributed by atoms with Gasteiger partial charge in [-0.3, -0.25) is 0 Å². The topological polar surface area (TPSA) is 97.5 Å². The van der Waals surface area contributed by atoms with E-state index in [-0.39, 0.29) is 6.04 Å². The Morgan fingerprint density at radius 1 is 1.05 bits per heavy atom. The Kier molecular flexibility index (Phi) is 6.90. The van der Waals surface area contributed by atoms with Crippen molar-refractivity contribution in [2.75, 3.05) is 24.4 Å². The molecule has 0 heterocycles. The summed E-state index contributed by atoms with van der Waals surface area (Å²) in [6.45, 7) is 0.719. The number of sulfonamides is 1. The van der Waals surface area contributed by atoms with E-state index in [9.17, 15) is 16.8 Å². The highest BCUT2D eigenvalue weighted by molar-refractivity contribution is 8.06. The number of rotatable bonds is 7. The van der Waals surface area contributed by atoms with Crippen molar-refractivity contribution >= 4 is 19.9 Å². The highest BCUT2D eigenvalue weighted by Crippen LogP contribution is 2.24. The van der Waals surface area contributed by atoms with Crippen molar-refractivity contribution in [3.8, 4) is 0 Å². The largest absolute Gasteiger partial charge is 0.330 e. The SMILES string of the molecule is CS(=O)(=O)CS(=O)(=O)N(CCCN)C1CCCCCC1. The molecule has 0 aromatic heterocycles. The van der Waals surface area contributed by atoms with E-state index >= 15 is 0 Å². The molecule has 0 atom stereocenters. The summed E-state index contributed by atoms with van der Waals surface area (Å²) < 4.78 is 48.8. The summed E-state index contributed by atoms with van der Waals surface area (Å²) in [7, 11) is -7.34. The van der Waals surface area contributed by atoms with Crippen LogP contribution in [0.5, 0.6) is 0 Å². The third kappa shape index (κ3) is 6.07. The molecule has 20 heavy (non-hydrogen) atoms. The van der Waals surface area contributed by atoms with E-state index < -0.39 is 24.9 Å². The number of sulfone groups is 1. The molecule has 1 saturated carbocycles. The van der Waals surface area contributed by atoms with Crippen LogP contribution in [-0.4, -0.2) is 51.6 Å². The maximum absolute atomic E-state index is 12.4. The molecule has 1 rings (SSSR count). The zero-order valence-corrected chi connectivity index (χ0v) is 13.8. The minimum absolute atomic E-state index is 0.0733. The van der Waals surface area contributed by atoms with Gasteiger partial charge in [-0.15, -0.1) is 0 Å². The van der Waals surface area contributed by atoms with Crippen LogP contribution in [0.1, 0.15) is 44.9 Å². The minimum atomic E-state index is -3.78. The molecule has 1 aliphatic rings. The van der Waals surface area contributed by atoms with Gasteiger partial charge in [0.25, 0.3) is 0 Å². The summed E-state index contributed by atoms with van der Waals surface area (Å²) in [5, 5.41) is -0.804. The van der Waals surface area contributed by atoms with Gasteiger partial charge in [0.2, 0.25) is 10.0 Å². The molecular formula is C12H26N2O4S2. The Balaban J connectivity index is 2.91. The molecule has 0 bridgehead atoms. The summed E-state index contributed by atoms with van der Waals surface area (Å²) in [6, 6.07) is -0.0733. The molecule has 0 spiro atoms. The summed E-state index contributed by atoms with van der Waals surface area (Å²) in [4.78, 5) is 0. The maximum Gasteiger partial charge on any atom is 0.228 e. The van der Waals surface area contributed by atoms with Gasteiger partial charge >= 0.3 is 0 Å². The highest BCUT2D eigenvalue weighted by atomic mass is 32.3. The molecule has 0 saturated heterocycles. The molecule has 0 unspecified atom stereocenters. The van der Waals surface area contributed by atoms with Crippen LogP contribution in [0.4, 0.5) is 0 Å². The van der Waals surface area contributed by atoms with E-state index in [0.29, 0.717) is 19.5 Å². The fourth-order valence-electron chi connectivity index (χ4n) is 2.68. The van der Waals surface area contributed by atoms with Gasteiger partial charge in [0.1, 0.15) is 0 Å². The Morgan fingerprint density at radius 2 is 1.60 bits per heavy atom. The van der Waals surface area contributed by atoms with Gasteiger partial charge in [-0.2, -0.15) is 4.31 Å². The quantitative estimate of drug-likeness (QED) is 0.694. The molecule has 0 radical (unpaired) electrons. The van der Waals surface area contributed by atoms with Gasteiger partial charge < -0.3 is 5.73 Å². The standard InChI is InChI=1S/C12H26N2O4S2/c1-19(15,16)11-20(17,18)14(10-6-9-13)12-7-4-2-3-5-8-12/h12H,2-11,13H2,1H3. The summed E-state index contributed by atoms with van der Waals surface area (Å²) >= 11 is 0. The van der Waals surface area contributed by atoms with Gasteiger partial charge in [0, 0.05) is 18.8 Å². The van der Waals surface area contributed by atoms with E-state index in [2.05, 4.69) is 0 Å². The predicted octanol–water partition coefficient (Wildman–Crippen LogP) is 0.692. The van der Waals surface area contributed by atoms with E-state index in [1.54, 1.807) is 0 Å². The second-order valence-corrected chi connectivity index (χ2v) is 9.98. The van der Waals surface area contributed by atoms with E-state index in [4.69, 9.17) is 5.73 Å². The van der Waals surface area contributed by atoms with Crippen molar-refractivity contribution in [2.24, 2.45) is 5.73 Å². The van der Waals surface area contributed by atoms with Crippen molar-refractivity contribution in [1.82, 2.24) is 4.31 Å². The summed E-state index contributed by atoms with van der Waals surface area (Å²) in [5.41, 5.74) is 5.47. The fraction of sp³-hybridized carbons (Fsp3) is 1.00.